The van der Waals surface area contributed by atoms with Crippen molar-refractivity contribution in [2.45, 2.75) is 11.4 Å². The Kier molecular flexibility index (Phi) is 3.78. The zero-order valence-electron chi connectivity index (χ0n) is 9.10. The van der Waals surface area contributed by atoms with Crippen molar-refractivity contribution >= 4 is 32.0 Å². The molecule has 0 amide bonds. The summed E-state index contributed by atoms with van der Waals surface area (Å²) in [6.07, 6.45) is 3.14. The van der Waals surface area contributed by atoms with Gasteiger partial charge in [-0.15, -0.1) is 0 Å². The molecule has 1 N–H and O–H groups in total. The average molecular weight is 275 g/mol. The van der Waals surface area contributed by atoms with Crippen molar-refractivity contribution in [3.05, 3.63) is 28.8 Å². The summed E-state index contributed by atoms with van der Waals surface area (Å²) < 4.78 is 17.7. The zero-order chi connectivity index (χ0) is 12.4. The second-order valence-corrected chi connectivity index (χ2v) is 5.20. The Hall–Kier alpha value is -0.950. The number of nitrogens with one attached hydrogen (secondary N) is 1. The van der Waals surface area contributed by atoms with Crippen LogP contribution in [0.2, 0.25) is 0 Å². The number of nitrogens with zero attached hydrogens (tertiary/aromatic N) is 1. The summed E-state index contributed by atoms with van der Waals surface area (Å²) >= 11 is 0. The van der Waals surface area contributed by atoms with Crippen LogP contribution in [0.15, 0.2) is 28.2 Å². The van der Waals surface area contributed by atoms with E-state index in [1.54, 1.807) is 19.4 Å². The highest BCUT2D eigenvalue weighted by molar-refractivity contribution is 8.14. The molecular formula is C10H11ClN2O3S. The van der Waals surface area contributed by atoms with E-state index in [2.05, 4.69) is 4.98 Å². The molecule has 5 nitrogen and oxygen atoms in total. The fraction of sp³-hybridized carbons (Fsp3) is 0.300. The minimum atomic E-state index is -1.62. The molecule has 2 aromatic rings. The molecule has 0 aliphatic carbocycles. The molecule has 0 aromatic carbocycles. The standard InChI is InChI=1S/C10H11ClN2O3S/c1-16-5-4-13-3-2-7-8(17(11)15)6-12-9(7)10(13)14/h2-3,6,12H,4-5H2,1H3. The fourth-order valence-corrected chi connectivity index (χ4v) is 2.51. The van der Waals surface area contributed by atoms with Gasteiger partial charge in [-0.2, -0.15) is 0 Å². The smallest absolute Gasteiger partial charge is 0.275 e. The van der Waals surface area contributed by atoms with Crippen molar-refractivity contribution in [3.63, 3.8) is 0 Å². The van der Waals surface area contributed by atoms with Gasteiger partial charge in [0.15, 0.2) is 15.6 Å². The second kappa shape index (κ2) is 5.14. The number of ether oxygens (including phenoxy) is 1. The molecule has 0 fully saturated rings. The first-order chi connectivity index (χ1) is 8.15. The third-order valence-corrected chi connectivity index (χ3v) is 3.67. The lowest BCUT2D eigenvalue weighted by Gasteiger charge is -2.04. The van der Waals surface area contributed by atoms with Gasteiger partial charge in [-0.1, -0.05) is 0 Å². The van der Waals surface area contributed by atoms with Gasteiger partial charge < -0.3 is 18.8 Å². The van der Waals surface area contributed by atoms with Crippen molar-refractivity contribution in [3.8, 4) is 0 Å². The van der Waals surface area contributed by atoms with E-state index in [0.29, 0.717) is 29.0 Å². The lowest BCUT2D eigenvalue weighted by atomic mass is 10.3. The van der Waals surface area contributed by atoms with Gasteiger partial charge in [0.05, 0.1) is 18.2 Å². The maximum absolute atomic E-state index is 12.0. The highest BCUT2D eigenvalue weighted by atomic mass is 35.7. The predicted octanol–water partition coefficient (Wildman–Crippen LogP) is 1.24. The molecule has 17 heavy (non-hydrogen) atoms. The SMILES string of the molecule is COCCn1ccc2c([S+]([O-])Cl)c[nH]c2c1=O. The minimum Gasteiger partial charge on any atom is -0.594 e. The van der Waals surface area contributed by atoms with E-state index >= 15 is 0 Å². The number of halogens is 1. The number of rotatable bonds is 4. The van der Waals surface area contributed by atoms with Crippen molar-refractivity contribution in [2.75, 3.05) is 13.7 Å². The van der Waals surface area contributed by atoms with Crippen molar-refractivity contribution < 1.29 is 9.29 Å². The first-order valence-corrected chi connectivity index (χ1v) is 6.90. The third-order valence-electron chi connectivity index (χ3n) is 2.49. The normalized spacial score (nSPS) is 13.1. The van der Waals surface area contributed by atoms with Gasteiger partial charge in [0.1, 0.15) is 15.9 Å². The van der Waals surface area contributed by atoms with E-state index in [1.165, 1.54) is 10.8 Å². The fourth-order valence-electron chi connectivity index (χ4n) is 1.63. The van der Waals surface area contributed by atoms with Crippen LogP contribution in [0, 0.1) is 0 Å². The Morgan fingerprint density at radius 2 is 2.41 bits per heavy atom. The Balaban J connectivity index is 2.50. The molecule has 0 saturated carbocycles. The molecule has 2 heterocycles. The summed E-state index contributed by atoms with van der Waals surface area (Å²) in [5.41, 5.74) is 0.237. The van der Waals surface area contributed by atoms with Crippen LogP contribution in [0.1, 0.15) is 0 Å². The van der Waals surface area contributed by atoms with Gasteiger partial charge in [0.25, 0.3) is 5.56 Å². The van der Waals surface area contributed by atoms with Gasteiger partial charge in [-0.05, 0) is 6.07 Å². The minimum absolute atomic E-state index is 0.173. The highest BCUT2D eigenvalue weighted by Gasteiger charge is 2.17. The van der Waals surface area contributed by atoms with Crippen LogP contribution < -0.4 is 5.56 Å². The van der Waals surface area contributed by atoms with Gasteiger partial charge in [-0.25, -0.2) is 0 Å². The first-order valence-electron chi connectivity index (χ1n) is 4.92. The van der Waals surface area contributed by atoms with Crippen LogP contribution >= 0.6 is 10.7 Å². The van der Waals surface area contributed by atoms with E-state index in [9.17, 15) is 9.35 Å². The molecule has 0 spiro atoms. The van der Waals surface area contributed by atoms with Gasteiger partial charge in [-0.3, -0.25) is 4.79 Å². The number of H-pyrrole nitrogens is 1. The number of aromatic amines is 1. The summed E-state index contributed by atoms with van der Waals surface area (Å²) in [4.78, 5) is 15.2. The molecule has 0 bridgehead atoms. The lowest BCUT2D eigenvalue weighted by Crippen LogP contribution is -2.21. The largest absolute Gasteiger partial charge is 0.594 e. The predicted molar refractivity (Wildman–Crippen MR) is 66.7 cm³/mol. The monoisotopic (exact) mass is 274 g/mol. The molecule has 2 rings (SSSR count). The summed E-state index contributed by atoms with van der Waals surface area (Å²) in [6, 6.07) is 1.72. The maximum Gasteiger partial charge on any atom is 0.275 e. The van der Waals surface area contributed by atoms with E-state index < -0.39 is 10.4 Å². The number of fused-ring (bicyclic) bond motifs is 1. The maximum atomic E-state index is 12.0. The second-order valence-electron chi connectivity index (χ2n) is 3.47. The molecule has 1 unspecified atom stereocenters. The zero-order valence-corrected chi connectivity index (χ0v) is 10.7. The molecule has 1 atom stereocenters. The number of pyridine rings is 1. The van der Waals surface area contributed by atoms with Gasteiger partial charge in [0, 0.05) is 19.9 Å². The lowest BCUT2D eigenvalue weighted by molar-refractivity contribution is 0.186. The van der Waals surface area contributed by atoms with Crippen molar-refractivity contribution in [2.24, 2.45) is 0 Å². The van der Waals surface area contributed by atoms with Gasteiger partial charge >= 0.3 is 0 Å². The molecule has 0 aliphatic rings. The number of methoxy groups -OCH3 is 1. The molecule has 2 aromatic heterocycles. The van der Waals surface area contributed by atoms with E-state index in [0.717, 1.165) is 0 Å². The van der Waals surface area contributed by atoms with Crippen LogP contribution in [-0.4, -0.2) is 27.8 Å². The van der Waals surface area contributed by atoms with Crippen molar-refractivity contribution in [1.29, 1.82) is 0 Å². The quantitative estimate of drug-likeness (QED) is 0.853. The number of hydrogen-bond acceptors (Lipinski definition) is 3. The highest BCUT2D eigenvalue weighted by Crippen LogP contribution is 2.23. The van der Waals surface area contributed by atoms with Crippen LogP contribution in [0.25, 0.3) is 10.9 Å². The Morgan fingerprint density at radius 3 is 3.06 bits per heavy atom. The Morgan fingerprint density at radius 1 is 1.65 bits per heavy atom. The topological polar surface area (TPSA) is 70.1 Å². The molecule has 0 aliphatic heterocycles. The van der Waals surface area contributed by atoms with E-state index in [1.807, 2.05) is 0 Å². The average Bonchev–Trinajstić information content (AvgIpc) is 2.73. The van der Waals surface area contributed by atoms with Crippen LogP contribution in [0.3, 0.4) is 0 Å². The Labute approximate surface area is 105 Å². The van der Waals surface area contributed by atoms with Crippen LogP contribution in [-0.2, 0) is 21.7 Å². The molecule has 7 heteroatoms. The molecule has 0 radical (unpaired) electrons. The van der Waals surface area contributed by atoms with Gasteiger partial charge in [0.2, 0.25) is 0 Å². The first kappa shape index (κ1) is 12.5. The van der Waals surface area contributed by atoms with Crippen LogP contribution in [0.5, 0.6) is 0 Å². The molecule has 92 valence electrons. The molecular weight excluding hydrogens is 264 g/mol. The third kappa shape index (κ3) is 2.35. The van der Waals surface area contributed by atoms with Crippen molar-refractivity contribution in [1.82, 2.24) is 9.55 Å². The van der Waals surface area contributed by atoms with Crippen LogP contribution in [0.4, 0.5) is 0 Å². The summed E-state index contributed by atoms with van der Waals surface area (Å²) in [7, 11) is 5.47. The number of hydrogen-bond donors (Lipinski definition) is 1. The summed E-state index contributed by atoms with van der Waals surface area (Å²) in [5, 5.41) is 0.594. The summed E-state index contributed by atoms with van der Waals surface area (Å²) in [5.74, 6) is 0. The van der Waals surface area contributed by atoms with E-state index in [-0.39, 0.29) is 5.56 Å². The number of aromatic nitrogens is 2. The van der Waals surface area contributed by atoms with E-state index in [4.69, 9.17) is 15.4 Å². The molecule has 0 saturated heterocycles. The summed E-state index contributed by atoms with van der Waals surface area (Å²) in [6.45, 7) is 0.935. The Bertz CT molecular complexity index is 578.